The Morgan fingerprint density at radius 3 is 2.41 bits per heavy atom. The van der Waals surface area contributed by atoms with Gasteiger partial charge in [0.15, 0.2) is 0 Å². The highest BCUT2D eigenvalue weighted by molar-refractivity contribution is 6.06. The van der Waals surface area contributed by atoms with Gasteiger partial charge in [0, 0.05) is 42.2 Å². The van der Waals surface area contributed by atoms with E-state index in [0.29, 0.717) is 35.8 Å². The van der Waals surface area contributed by atoms with Crippen LogP contribution in [-0.4, -0.2) is 65.7 Å². The van der Waals surface area contributed by atoms with Crippen molar-refractivity contribution in [2.45, 2.75) is 39.0 Å². The minimum atomic E-state index is -0.382. The van der Waals surface area contributed by atoms with Crippen molar-refractivity contribution in [2.24, 2.45) is 5.92 Å². The number of amides is 3. The van der Waals surface area contributed by atoms with Gasteiger partial charge in [-0.2, -0.15) is 0 Å². The molecule has 8 heteroatoms. The molecule has 0 aliphatic carbocycles. The minimum absolute atomic E-state index is 0.0175. The Morgan fingerprint density at radius 1 is 0.918 bits per heavy atom. The second kappa shape index (κ2) is 15.4. The number of nitrogens with zero attached hydrogens (tertiary/aromatic N) is 2. The highest BCUT2D eigenvalue weighted by atomic mass is 16.5. The lowest BCUT2D eigenvalue weighted by Crippen LogP contribution is -2.47. The van der Waals surface area contributed by atoms with E-state index in [0.717, 1.165) is 17.3 Å². The number of carbonyl (C=O) groups is 2. The summed E-state index contributed by atoms with van der Waals surface area (Å²) in [4.78, 5) is 30.8. The van der Waals surface area contributed by atoms with Crippen LogP contribution in [0.15, 0.2) is 115 Å². The molecular formula is C41H44N4O4. The average Bonchev–Trinajstić information content (AvgIpc) is 3.15. The summed E-state index contributed by atoms with van der Waals surface area (Å²) in [6, 6.07) is 37.4. The van der Waals surface area contributed by atoms with Gasteiger partial charge in [0.1, 0.15) is 11.9 Å². The molecular weight excluding hydrogens is 612 g/mol. The first kappa shape index (κ1) is 33.7. The molecule has 1 heterocycles. The predicted octanol–water partition coefficient (Wildman–Crippen LogP) is 7.43. The number of urea groups is 1. The van der Waals surface area contributed by atoms with Crippen LogP contribution >= 0.6 is 0 Å². The summed E-state index contributed by atoms with van der Waals surface area (Å²) in [5.74, 6) is 0.503. The SMILES string of the molecule is C[C@@H]1CN([C@H](C)CO)C(=O)Cc2cc(NC(=O)Nc3cccc4ccccc34)ccc2O[C@@H]1CN(C)Cc1ccc(-c2ccccc2)cc1. The molecule has 0 bridgehead atoms. The number of aliphatic hydroxyl groups is 1. The summed E-state index contributed by atoms with van der Waals surface area (Å²) < 4.78 is 6.72. The number of anilines is 2. The van der Waals surface area contributed by atoms with Gasteiger partial charge >= 0.3 is 6.03 Å². The number of carbonyl (C=O) groups excluding carboxylic acids is 2. The largest absolute Gasteiger partial charge is 0.488 e. The van der Waals surface area contributed by atoms with Crippen molar-refractivity contribution in [1.29, 1.82) is 0 Å². The summed E-state index contributed by atoms with van der Waals surface area (Å²) >= 11 is 0. The van der Waals surface area contributed by atoms with Gasteiger partial charge < -0.3 is 25.4 Å². The van der Waals surface area contributed by atoms with Crippen LogP contribution in [0.25, 0.3) is 21.9 Å². The zero-order valence-corrected chi connectivity index (χ0v) is 28.3. The fraction of sp³-hybridized carbons (Fsp3) is 0.268. The second-order valence-electron chi connectivity index (χ2n) is 13.1. The molecule has 0 saturated heterocycles. The fourth-order valence-corrected chi connectivity index (χ4v) is 6.46. The first-order chi connectivity index (χ1) is 23.8. The number of benzene rings is 5. The van der Waals surface area contributed by atoms with Crippen molar-refractivity contribution in [1.82, 2.24) is 9.80 Å². The lowest BCUT2D eigenvalue weighted by Gasteiger charge is -2.34. The van der Waals surface area contributed by atoms with Crippen molar-refractivity contribution in [3.05, 3.63) is 126 Å². The molecule has 5 aromatic rings. The third kappa shape index (κ3) is 8.28. The Morgan fingerprint density at radius 2 is 1.63 bits per heavy atom. The molecule has 5 aromatic carbocycles. The number of likely N-dealkylation sites (N-methyl/N-ethyl adjacent to an activating group) is 1. The van der Waals surface area contributed by atoms with Crippen LogP contribution < -0.4 is 15.4 Å². The highest BCUT2D eigenvalue weighted by Crippen LogP contribution is 2.30. The molecule has 252 valence electrons. The van der Waals surface area contributed by atoms with Crippen molar-refractivity contribution in [2.75, 3.05) is 37.4 Å². The second-order valence-corrected chi connectivity index (χ2v) is 13.1. The number of hydrogen-bond acceptors (Lipinski definition) is 5. The maximum atomic E-state index is 13.7. The van der Waals surface area contributed by atoms with E-state index in [1.807, 2.05) is 79.7 Å². The van der Waals surface area contributed by atoms with Crippen LogP contribution in [0.4, 0.5) is 16.2 Å². The predicted molar refractivity (Wildman–Crippen MR) is 197 cm³/mol. The van der Waals surface area contributed by atoms with Crippen LogP contribution in [0, 0.1) is 5.92 Å². The highest BCUT2D eigenvalue weighted by Gasteiger charge is 2.31. The third-order valence-corrected chi connectivity index (χ3v) is 9.22. The lowest BCUT2D eigenvalue weighted by atomic mass is 10.0. The molecule has 8 nitrogen and oxygen atoms in total. The molecule has 3 amide bonds. The van der Waals surface area contributed by atoms with E-state index in [-0.39, 0.29) is 43.0 Å². The monoisotopic (exact) mass is 656 g/mol. The lowest BCUT2D eigenvalue weighted by molar-refractivity contribution is -0.134. The number of rotatable bonds is 9. The van der Waals surface area contributed by atoms with E-state index < -0.39 is 0 Å². The van der Waals surface area contributed by atoms with Crippen molar-refractivity contribution in [3.8, 4) is 16.9 Å². The summed E-state index contributed by atoms with van der Waals surface area (Å²) in [5.41, 5.74) is 5.50. The van der Waals surface area contributed by atoms with Gasteiger partial charge in [-0.05, 0) is 60.3 Å². The standard InChI is InChI=1S/C41H44N4O4/c1-28-24-45(29(2)27-46)40(47)23-34-22-35(42-41(48)43-37-15-9-13-33-12-7-8-14-36(33)37)20-21-38(34)49-39(28)26-44(3)25-30-16-18-32(19-17-30)31-10-5-4-6-11-31/h4-22,28-29,39,46H,23-27H2,1-3H3,(H2,42,43,48)/t28-,29-,39-/m1/s1. The van der Waals surface area contributed by atoms with Gasteiger partial charge in [0.2, 0.25) is 5.91 Å². The van der Waals surface area contributed by atoms with E-state index in [1.165, 1.54) is 16.7 Å². The summed E-state index contributed by atoms with van der Waals surface area (Å²) in [7, 11) is 2.08. The molecule has 0 spiro atoms. The average molecular weight is 657 g/mol. The first-order valence-electron chi connectivity index (χ1n) is 16.9. The smallest absolute Gasteiger partial charge is 0.323 e. The van der Waals surface area contributed by atoms with E-state index >= 15 is 0 Å². The van der Waals surface area contributed by atoms with Crippen molar-refractivity contribution >= 4 is 34.1 Å². The van der Waals surface area contributed by atoms with Gasteiger partial charge in [0.05, 0.1) is 24.8 Å². The molecule has 0 radical (unpaired) electrons. The maximum Gasteiger partial charge on any atom is 0.323 e. The van der Waals surface area contributed by atoms with Crippen LogP contribution in [-0.2, 0) is 17.8 Å². The van der Waals surface area contributed by atoms with E-state index in [2.05, 4.69) is 65.9 Å². The Hall–Kier alpha value is -5.18. The number of fused-ring (bicyclic) bond motifs is 2. The van der Waals surface area contributed by atoms with Crippen LogP contribution in [0.3, 0.4) is 0 Å². The first-order valence-corrected chi connectivity index (χ1v) is 16.9. The number of ether oxygens (including phenoxy) is 1. The normalized spacial score (nSPS) is 17.0. The number of aliphatic hydroxyl groups excluding tert-OH is 1. The molecule has 0 aromatic heterocycles. The van der Waals surface area contributed by atoms with Crippen LogP contribution in [0.1, 0.15) is 25.0 Å². The van der Waals surface area contributed by atoms with Gasteiger partial charge in [-0.3, -0.25) is 9.69 Å². The van der Waals surface area contributed by atoms with Gasteiger partial charge in [-0.15, -0.1) is 0 Å². The number of hydrogen-bond donors (Lipinski definition) is 3. The van der Waals surface area contributed by atoms with Gasteiger partial charge in [0.25, 0.3) is 0 Å². The fourth-order valence-electron chi connectivity index (χ4n) is 6.46. The summed E-state index contributed by atoms with van der Waals surface area (Å²) in [6.07, 6.45) is -0.150. The Bertz CT molecular complexity index is 1890. The molecule has 0 unspecified atom stereocenters. The van der Waals surface area contributed by atoms with Gasteiger partial charge in [-0.1, -0.05) is 97.9 Å². The molecule has 0 fully saturated rings. The van der Waals surface area contributed by atoms with Crippen molar-refractivity contribution in [3.63, 3.8) is 0 Å². The summed E-state index contributed by atoms with van der Waals surface area (Å²) in [5, 5.41) is 17.9. The molecule has 1 aliphatic heterocycles. The van der Waals surface area contributed by atoms with Gasteiger partial charge in [-0.25, -0.2) is 4.79 Å². The molecule has 3 atom stereocenters. The van der Waals surface area contributed by atoms with Crippen LogP contribution in [0.2, 0.25) is 0 Å². The van der Waals surface area contributed by atoms with E-state index in [9.17, 15) is 14.7 Å². The molecule has 49 heavy (non-hydrogen) atoms. The van der Waals surface area contributed by atoms with E-state index in [1.54, 1.807) is 11.0 Å². The van der Waals surface area contributed by atoms with E-state index in [4.69, 9.17) is 4.74 Å². The zero-order valence-electron chi connectivity index (χ0n) is 28.3. The molecule has 3 N–H and O–H groups in total. The molecule has 1 aliphatic rings. The Kier molecular flexibility index (Phi) is 10.6. The Balaban J connectivity index is 1.19. The topological polar surface area (TPSA) is 94.1 Å². The Labute approximate surface area is 288 Å². The summed E-state index contributed by atoms with van der Waals surface area (Å²) in [6.45, 7) is 5.64. The molecule has 0 saturated carbocycles. The van der Waals surface area contributed by atoms with Crippen molar-refractivity contribution < 1.29 is 19.4 Å². The maximum absolute atomic E-state index is 13.7. The quantitative estimate of drug-likeness (QED) is 0.153. The zero-order chi connectivity index (χ0) is 34.3. The minimum Gasteiger partial charge on any atom is -0.488 e. The molecule has 6 rings (SSSR count). The van der Waals surface area contributed by atoms with Crippen LogP contribution in [0.5, 0.6) is 5.75 Å². The number of nitrogens with one attached hydrogen (secondary N) is 2. The third-order valence-electron chi connectivity index (χ3n) is 9.22.